The summed E-state index contributed by atoms with van der Waals surface area (Å²) >= 11 is 0. The minimum Gasteiger partial charge on any atom is -0.316 e. The fourth-order valence-electron chi connectivity index (χ4n) is 2.85. The normalized spacial score (nSPS) is 25.6. The first kappa shape index (κ1) is 11.7. The summed E-state index contributed by atoms with van der Waals surface area (Å²) < 4.78 is 0. The van der Waals surface area contributed by atoms with Crippen LogP contribution in [0, 0.1) is 5.92 Å². The van der Waals surface area contributed by atoms with E-state index >= 15 is 0 Å². The molecule has 0 aromatic heterocycles. The lowest BCUT2D eigenvalue weighted by molar-refractivity contribution is 0.346. The first-order valence-corrected chi connectivity index (χ1v) is 6.53. The summed E-state index contributed by atoms with van der Waals surface area (Å²) in [6.07, 6.45) is 5.56. The van der Waals surface area contributed by atoms with Crippen molar-refractivity contribution in [1.29, 1.82) is 0 Å². The Labute approximate surface area is 99.3 Å². The molecule has 2 rings (SSSR count). The minimum atomic E-state index is 0.806. The van der Waals surface area contributed by atoms with E-state index in [1.807, 2.05) is 7.05 Å². The van der Waals surface area contributed by atoms with Gasteiger partial charge in [0.2, 0.25) is 0 Å². The van der Waals surface area contributed by atoms with Gasteiger partial charge in [0, 0.05) is 6.54 Å². The van der Waals surface area contributed by atoms with Crippen molar-refractivity contribution < 1.29 is 0 Å². The van der Waals surface area contributed by atoms with E-state index < -0.39 is 0 Å². The third-order valence-electron chi connectivity index (χ3n) is 3.88. The second kappa shape index (κ2) is 5.49. The number of nitrogens with one attached hydrogen (secondary N) is 1. The molecule has 0 amide bonds. The van der Waals surface area contributed by atoms with Gasteiger partial charge < -0.3 is 5.32 Å². The summed E-state index contributed by atoms with van der Waals surface area (Å²) in [4.78, 5) is 0. The molecule has 88 valence electrons. The molecule has 1 aliphatic rings. The molecule has 1 aromatic rings. The molecule has 0 spiro atoms. The molecule has 1 heteroatoms. The Kier molecular flexibility index (Phi) is 4.00. The largest absolute Gasteiger partial charge is 0.316 e. The fraction of sp³-hybridized carbons (Fsp3) is 0.600. The zero-order valence-corrected chi connectivity index (χ0v) is 10.5. The topological polar surface area (TPSA) is 12.0 Å². The number of hydrogen-bond donors (Lipinski definition) is 1. The van der Waals surface area contributed by atoms with Crippen LogP contribution in [0.1, 0.15) is 49.7 Å². The average Bonchev–Trinajstić information content (AvgIpc) is 2.32. The molecule has 16 heavy (non-hydrogen) atoms. The van der Waals surface area contributed by atoms with Crippen molar-refractivity contribution >= 4 is 0 Å². The second-order valence-electron chi connectivity index (χ2n) is 5.19. The minimum absolute atomic E-state index is 0.806. The predicted molar refractivity (Wildman–Crippen MR) is 69.6 cm³/mol. The zero-order valence-electron chi connectivity index (χ0n) is 10.5. The second-order valence-corrected chi connectivity index (χ2v) is 5.19. The van der Waals surface area contributed by atoms with Gasteiger partial charge >= 0.3 is 0 Å². The van der Waals surface area contributed by atoms with Gasteiger partial charge in [-0.3, -0.25) is 0 Å². The monoisotopic (exact) mass is 217 g/mol. The van der Waals surface area contributed by atoms with Gasteiger partial charge in [0.15, 0.2) is 0 Å². The maximum Gasteiger partial charge on any atom is 0.0205 e. The molecule has 0 radical (unpaired) electrons. The Morgan fingerprint density at radius 3 is 2.50 bits per heavy atom. The van der Waals surface area contributed by atoms with Crippen LogP contribution in [0.4, 0.5) is 0 Å². The van der Waals surface area contributed by atoms with Crippen molar-refractivity contribution in [3.8, 4) is 0 Å². The quantitative estimate of drug-likeness (QED) is 0.814. The van der Waals surface area contributed by atoms with Gasteiger partial charge in [-0.1, -0.05) is 44.0 Å². The number of benzene rings is 1. The molecule has 1 nitrogen and oxygen atoms in total. The molecule has 0 saturated heterocycles. The molecule has 0 bridgehead atoms. The van der Waals surface area contributed by atoms with E-state index in [0.29, 0.717) is 0 Å². The van der Waals surface area contributed by atoms with Crippen molar-refractivity contribution in [3.63, 3.8) is 0 Å². The van der Waals surface area contributed by atoms with Gasteiger partial charge in [-0.15, -0.1) is 0 Å². The van der Waals surface area contributed by atoms with E-state index in [0.717, 1.165) is 18.4 Å². The zero-order chi connectivity index (χ0) is 11.4. The van der Waals surface area contributed by atoms with E-state index in [9.17, 15) is 0 Å². The van der Waals surface area contributed by atoms with E-state index in [1.165, 1.54) is 31.2 Å². The lowest BCUT2D eigenvalue weighted by Crippen LogP contribution is -2.14. The smallest absolute Gasteiger partial charge is 0.0205 e. The summed E-state index contributed by atoms with van der Waals surface area (Å²) in [6.45, 7) is 3.39. The van der Waals surface area contributed by atoms with Crippen LogP contribution in [0.3, 0.4) is 0 Å². The number of hydrogen-bond acceptors (Lipinski definition) is 1. The van der Waals surface area contributed by atoms with Crippen LogP contribution in [0.15, 0.2) is 24.3 Å². The van der Waals surface area contributed by atoms with Crippen molar-refractivity contribution in [2.45, 2.75) is 45.1 Å². The molecule has 0 aliphatic heterocycles. The summed E-state index contributed by atoms with van der Waals surface area (Å²) in [7, 11) is 2.03. The maximum atomic E-state index is 3.27. The molecule has 0 unspecified atom stereocenters. The van der Waals surface area contributed by atoms with Gasteiger partial charge in [0.1, 0.15) is 0 Å². The Morgan fingerprint density at radius 1 is 1.12 bits per heavy atom. The Balaban J connectivity index is 2.13. The SMILES string of the molecule is CNCc1ccccc1[C@H]1CC[C@H](C)CC1. The lowest BCUT2D eigenvalue weighted by atomic mass is 9.78. The van der Waals surface area contributed by atoms with Crippen LogP contribution in [-0.4, -0.2) is 7.05 Å². The predicted octanol–water partition coefficient (Wildman–Crippen LogP) is 3.70. The van der Waals surface area contributed by atoms with E-state index in [4.69, 9.17) is 0 Å². The van der Waals surface area contributed by atoms with Crippen LogP contribution < -0.4 is 5.32 Å². The summed E-state index contributed by atoms with van der Waals surface area (Å²) in [5, 5.41) is 3.27. The van der Waals surface area contributed by atoms with Gasteiger partial charge in [0.25, 0.3) is 0 Å². The average molecular weight is 217 g/mol. The first-order chi connectivity index (χ1) is 7.81. The summed E-state index contributed by atoms with van der Waals surface area (Å²) in [5.74, 6) is 1.74. The third kappa shape index (κ3) is 2.65. The Hall–Kier alpha value is -0.820. The molecule has 1 fully saturated rings. The summed E-state index contributed by atoms with van der Waals surface area (Å²) in [6, 6.07) is 8.94. The highest BCUT2D eigenvalue weighted by Gasteiger charge is 2.21. The lowest BCUT2D eigenvalue weighted by Gasteiger charge is -2.28. The third-order valence-corrected chi connectivity index (χ3v) is 3.88. The van der Waals surface area contributed by atoms with Crippen LogP contribution in [0.5, 0.6) is 0 Å². The van der Waals surface area contributed by atoms with Gasteiger partial charge in [-0.2, -0.15) is 0 Å². The van der Waals surface area contributed by atoms with E-state index in [1.54, 1.807) is 5.56 Å². The maximum absolute atomic E-state index is 3.27. The standard InChI is InChI=1S/C15H23N/c1-12-7-9-13(10-8-12)15-6-4-3-5-14(15)11-16-2/h3-6,12-13,16H,7-11H2,1-2H3/t12-,13-. The van der Waals surface area contributed by atoms with Gasteiger partial charge in [-0.05, 0) is 42.9 Å². The molecular formula is C15H23N. The first-order valence-electron chi connectivity index (χ1n) is 6.53. The van der Waals surface area contributed by atoms with Crippen LogP contribution in [0.25, 0.3) is 0 Å². The van der Waals surface area contributed by atoms with Crippen molar-refractivity contribution in [1.82, 2.24) is 5.32 Å². The fourth-order valence-corrected chi connectivity index (χ4v) is 2.85. The van der Waals surface area contributed by atoms with Crippen LogP contribution in [-0.2, 0) is 6.54 Å². The molecule has 1 saturated carbocycles. The van der Waals surface area contributed by atoms with Crippen molar-refractivity contribution in [2.24, 2.45) is 5.92 Å². The van der Waals surface area contributed by atoms with Gasteiger partial charge in [-0.25, -0.2) is 0 Å². The molecule has 0 atom stereocenters. The van der Waals surface area contributed by atoms with E-state index in [-0.39, 0.29) is 0 Å². The van der Waals surface area contributed by atoms with Crippen molar-refractivity contribution in [3.05, 3.63) is 35.4 Å². The molecular weight excluding hydrogens is 194 g/mol. The highest BCUT2D eigenvalue weighted by atomic mass is 14.8. The van der Waals surface area contributed by atoms with Crippen LogP contribution >= 0.6 is 0 Å². The molecule has 1 N–H and O–H groups in total. The molecule has 1 aliphatic carbocycles. The van der Waals surface area contributed by atoms with E-state index in [2.05, 4.69) is 36.5 Å². The van der Waals surface area contributed by atoms with Crippen LogP contribution in [0.2, 0.25) is 0 Å². The highest BCUT2D eigenvalue weighted by Crippen LogP contribution is 2.36. The molecule has 1 aromatic carbocycles. The van der Waals surface area contributed by atoms with Crippen molar-refractivity contribution in [2.75, 3.05) is 7.05 Å². The molecule has 0 heterocycles. The number of rotatable bonds is 3. The Morgan fingerprint density at radius 2 is 1.81 bits per heavy atom. The van der Waals surface area contributed by atoms with Gasteiger partial charge in [0.05, 0.1) is 0 Å². The Bertz CT molecular complexity index is 324. The highest BCUT2D eigenvalue weighted by molar-refractivity contribution is 5.30. The summed E-state index contributed by atoms with van der Waals surface area (Å²) in [5.41, 5.74) is 3.08.